The number of rotatable bonds is 3. The van der Waals surface area contributed by atoms with Gasteiger partial charge in [-0.05, 0) is 51.5 Å². The lowest BCUT2D eigenvalue weighted by atomic mass is 10.1. The molecule has 4 nitrogen and oxygen atoms in total. The number of amides is 1. The van der Waals surface area contributed by atoms with Crippen LogP contribution in [0.2, 0.25) is 0 Å². The molecule has 1 aliphatic heterocycles. The van der Waals surface area contributed by atoms with Crippen LogP contribution in [0, 0.1) is 5.92 Å². The molecule has 1 aromatic carbocycles. The topological polar surface area (TPSA) is 32.8 Å². The van der Waals surface area contributed by atoms with Gasteiger partial charge in [0.25, 0.3) is 0 Å². The van der Waals surface area contributed by atoms with E-state index < -0.39 is 5.60 Å². The maximum atomic E-state index is 12.7. The molecule has 1 atom stereocenters. The SMILES string of the molecule is CC(C)(C)OC(=O)N1CCCN(Cc2ccccc2)C[C@@H]1C1CC1. The minimum atomic E-state index is -0.429. The highest BCUT2D eigenvalue weighted by Crippen LogP contribution is 2.37. The normalized spacial score (nSPS) is 23.0. The number of ether oxygens (including phenoxy) is 1. The Morgan fingerprint density at radius 2 is 1.88 bits per heavy atom. The van der Waals surface area contributed by atoms with Crippen LogP contribution in [0.25, 0.3) is 0 Å². The quantitative estimate of drug-likeness (QED) is 0.842. The molecule has 1 heterocycles. The molecule has 0 radical (unpaired) electrons. The second-order valence-electron chi connectivity index (χ2n) is 8.15. The van der Waals surface area contributed by atoms with Crippen LogP contribution in [0.15, 0.2) is 30.3 Å². The molecule has 0 spiro atoms. The van der Waals surface area contributed by atoms with Gasteiger partial charge >= 0.3 is 6.09 Å². The Balaban J connectivity index is 1.68. The Bertz CT molecular complexity index is 549. The summed E-state index contributed by atoms with van der Waals surface area (Å²) in [6.07, 6.45) is 3.35. The van der Waals surface area contributed by atoms with Crippen LogP contribution >= 0.6 is 0 Å². The zero-order chi connectivity index (χ0) is 17.2. The highest BCUT2D eigenvalue weighted by atomic mass is 16.6. The van der Waals surface area contributed by atoms with Gasteiger partial charge in [-0.2, -0.15) is 0 Å². The molecule has 2 fully saturated rings. The van der Waals surface area contributed by atoms with Crippen molar-refractivity contribution in [1.29, 1.82) is 0 Å². The van der Waals surface area contributed by atoms with Gasteiger partial charge < -0.3 is 9.64 Å². The van der Waals surface area contributed by atoms with E-state index in [9.17, 15) is 4.79 Å². The number of hydrogen-bond donors (Lipinski definition) is 0. The summed E-state index contributed by atoms with van der Waals surface area (Å²) >= 11 is 0. The number of benzene rings is 1. The Hall–Kier alpha value is -1.55. The molecule has 0 N–H and O–H groups in total. The fraction of sp³-hybridized carbons (Fsp3) is 0.650. The Morgan fingerprint density at radius 1 is 1.17 bits per heavy atom. The average molecular weight is 330 g/mol. The first-order valence-electron chi connectivity index (χ1n) is 9.18. The first-order chi connectivity index (χ1) is 11.4. The van der Waals surface area contributed by atoms with E-state index in [0.29, 0.717) is 12.0 Å². The average Bonchev–Trinajstić information content (AvgIpc) is 3.33. The molecule has 1 aliphatic carbocycles. The molecule has 132 valence electrons. The van der Waals surface area contributed by atoms with E-state index in [2.05, 4.69) is 35.2 Å². The van der Waals surface area contributed by atoms with Crippen molar-refractivity contribution in [3.63, 3.8) is 0 Å². The molecule has 1 amide bonds. The molecular formula is C20H30N2O2. The Morgan fingerprint density at radius 3 is 2.50 bits per heavy atom. The fourth-order valence-corrected chi connectivity index (χ4v) is 3.50. The molecule has 0 aromatic heterocycles. The molecule has 3 rings (SSSR count). The summed E-state index contributed by atoms with van der Waals surface area (Å²) in [7, 11) is 0. The first kappa shape index (κ1) is 17.3. The number of nitrogens with zero attached hydrogens (tertiary/aromatic N) is 2. The molecule has 24 heavy (non-hydrogen) atoms. The standard InChI is InChI=1S/C20H30N2O2/c1-20(2,3)24-19(23)22-13-7-12-21(15-18(22)17-10-11-17)14-16-8-5-4-6-9-16/h4-6,8-9,17-18H,7,10-15H2,1-3H3/t18-/m1/s1. The molecule has 1 saturated heterocycles. The van der Waals surface area contributed by atoms with Gasteiger partial charge in [-0.1, -0.05) is 30.3 Å². The Kier molecular flexibility index (Phi) is 5.14. The van der Waals surface area contributed by atoms with E-state index in [1.54, 1.807) is 0 Å². The Labute approximate surface area is 145 Å². The smallest absolute Gasteiger partial charge is 0.410 e. The number of carbonyl (C=O) groups excluding carboxylic acids is 1. The van der Waals surface area contributed by atoms with Gasteiger partial charge in [0.2, 0.25) is 0 Å². The number of carbonyl (C=O) groups is 1. The van der Waals surface area contributed by atoms with Crippen molar-refractivity contribution < 1.29 is 9.53 Å². The van der Waals surface area contributed by atoms with Gasteiger partial charge in [-0.15, -0.1) is 0 Å². The summed E-state index contributed by atoms with van der Waals surface area (Å²) in [6.45, 7) is 9.59. The molecular weight excluding hydrogens is 300 g/mol. The largest absolute Gasteiger partial charge is 0.444 e. The van der Waals surface area contributed by atoms with E-state index in [4.69, 9.17) is 4.74 Å². The summed E-state index contributed by atoms with van der Waals surface area (Å²) in [4.78, 5) is 17.2. The lowest BCUT2D eigenvalue weighted by Gasteiger charge is -2.33. The summed E-state index contributed by atoms with van der Waals surface area (Å²) < 4.78 is 5.66. The van der Waals surface area contributed by atoms with Crippen LogP contribution in [0.4, 0.5) is 4.79 Å². The minimum Gasteiger partial charge on any atom is -0.444 e. The number of hydrogen-bond acceptors (Lipinski definition) is 3. The fourth-order valence-electron chi connectivity index (χ4n) is 3.50. The van der Waals surface area contributed by atoms with Gasteiger partial charge in [0.05, 0.1) is 6.04 Å². The van der Waals surface area contributed by atoms with Crippen LogP contribution < -0.4 is 0 Å². The molecule has 0 bridgehead atoms. The van der Waals surface area contributed by atoms with Crippen LogP contribution in [0.3, 0.4) is 0 Å². The minimum absolute atomic E-state index is 0.138. The van der Waals surface area contributed by atoms with Crippen molar-refractivity contribution in [2.75, 3.05) is 19.6 Å². The van der Waals surface area contributed by atoms with Crippen molar-refractivity contribution in [1.82, 2.24) is 9.80 Å². The second kappa shape index (κ2) is 7.14. The highest BCUT2D eigenvalue weighted by Gasteiger charge is 2.40. The van der Waals surface area contributed by atoms with Crippen LogP contribution in [-0.2, 0) is 11.3 Å². The monoisotopic (exact) mass is 330 g/mol. The summed E-state index contributed by atoms with van der Waals surface area (Å²) in [5, 5.41) is 0. The highest BCUT2D eigenvalue weighted by molar-refractivity contribution is 5.68. The van der Waals surface area contributed by atoms with E-state index in [0.717, 1.165) is 32.6 Å². The van der Waals surface area contributed by atoms with E-state index >= 15 is 0 Å². The zero-order valence-electron chi connectivity index (χ0n) is 15.2. The maximum Gasteiger partial charge on any atom is 0.410 e. The van der Waals surface area contributed by atoms with Crippen molar-refractivity contribution in [2.24, 2.45) is 5.92 Å². The third-order valence-corrected chi connectivity index (χ3v) is 4.76. The van der Waals surface area contributed by atoms with Gasteiger partial charge in [0, 0.05) is 26.2 Å². The molecule has 4 heteroatoms. The van der Waals surface area contributed by atoms with Gasteiger partial charge in [0.1, 0.15) is 5.60 Å². The summed E-state index contributed by atoms with van der Waals surface area (Å²) in [5.74, 6) is 0.647. The molecule has 0 unspecified atom stereocenters. The van der Waals surface area contributed by atoms with Crippen molar-refractivity contribution in [3.8, 4) is 0 Å². The van der Waals surface area contributed by atoms with Gasteiger partial charge in [0.15, 0.2) is 0 Å². The zero-order valence-corrected chi connectivity index (χ0v) is 15.2. The van der Waals surface area contributed by atoms with Gasteiger partial charge in [-0.25, -0.2) is 4.79 Å². The lowest BCUT2D eigenvalue weighted by molar-refractivity contribution is 0.0138. The lowest BCUT2D eigenvalue weighted by Crippen LogP contribution is -2.47. The van der Waals surface area contributed by atoms with Crippen molar-refractivity contribution in [2.45, 2.75) is 58.2 Å². The van der Waals surface area contributed by atoms with Crippen LogP contribution in [-0.4, -0.2) is 47.2 Å². The van der Waals surface area contributed by atoms with E-state index in [1.807, 2.05) is 25.7 Å². The third kappa shape index (κ3) is 4.73. The predicted octanol–water partition coefficient (Wildman–Crippen LogP) is 3.91. The molecule has 1 saturated carbocycles. The second-order valence-corrected chi connectivity index (χ2v) is 8.15. The van der Waals surface area contributed by atoms with E-state index in [-0.39, 0.29) is 6.09 Å². The summed E-state index contributed by atoms with van der Waals surface area (Å²) in [6, 6.07) is 10.9. The summed E-state index contributed by atoms with van der Waals surface area (Å²) in [5.41, 5.74) is 0.916. The van der Waals surface area contributed by atoms with Crippen molar-refractivity contribution >= 4 is 6.09 Å². The first-order valence-corrected chi connectivity index (χ1v) is 9.18. The van der Waals surface area contributed by atoms with Crippen molar-refractivity contribution in [3.05, 3.63) is 35.9 Å². The third-order valence-electron chi connectivity index (χ3n) is 4.76. The van der Waals surface area contributed by atoms with E-state index in [1.165, 1.54) is 18.4 Å². The molecule has 2 aliphatic rings. The van der Waals surface area contributed by atoms with Crippen LogP contribution in [0.1, 0.15) is 45.6 Å². The van der Waals surface area contributed by atoms with Gasteiger partial charge in [-0.3, -0.25) is 4.90 Å². The van der Waals surface area contributed by atoms with Crippen LogP contribution in [0.5, 0.6) is 0 Å². The predicted molar refractivity (Wildman–Crippen MR) is 95.8 cm³/mol. The maximum absolute atomic E-state index is 12.7. The molecule has 1 aromatic rings.